The lowest BCUT2D eigenvalue weighted by molar-refractivity contribution is -0.126. The van der Waals surface area contributed by atoms with Gasteiger partial charge in [-0.1, -0.05) is 19.8 Å². The Hall–Kier alpha value is -0.280. The zero-order valence-corrected chi connectivity index (χ0v) is 11.9. The van der Waals surface area contributed by atoms with E-state index in [2.05, 4.69) is 12.2 Å². The topological polar surface area (TPSA) is 38.3 Å². The largest absolute Gasteiger partial charge is 0.377 e. The highest BCUT2D eigenvalue weighted by Crippen LogP contribution is 2.28. The summed E-state index contributed by atoms with van der Waals surface area (Å²) in [5.41, 5.74) is 0. The number of nitrogens with one attached hydrogen (secondary N) is 1. The Morgan fingerprint density at radius 1 is 1.33 bits per heavy atom. The number of carbonyl (C=O) groups is 1. The second-order valence-electron chi connectivity index (χ2n) is 5.52. The molecule has 1 N–H and O–H groups in total. The molecule has 1 heterocycles. The van der Waals surface area contributed by atoms with E-state index >= 15 is 0 Å². The Labute approximate surface area is 115 Å². The smallest absolute Gasteiger partial charge is 0.225 e. The van der Waals surface area contributed by atoms with E-state index in [0.29, 0.717) is 5.92 Å². The molecule has 0 radical (unpaired) electrons. The maximum absolute atomic E-state index is 12.1. The van der Waals surface area contributed by atoms with Crippen LogP contribution in [0.15, 0.2) is 0 Å². The van der Waals surface area contributed by atoms with Crippen LogP contribution in [0, 0.1) is 11.8 Å². The molecule has 4 heteroatoms. The Morgan fingerprint density at radius 2 is 2.11 bits per heavy atom. The first kappa shape index (κ1) is 14.1. The minimum Gasteiger partial charge on any atom is -0.377 e. The molecule has 1 aliphatic carbocycles. The van der Waals surface area contributed by atoms with Gasteiger partial charge in [0.15, 0.2) is 0 Å². The SMILES string of the molecule is CCC1OCCC1C(=O)NCC1CCCCC1Cl. The molecule has 0 aromatic heterocycles. The first-order valence-corrected chi connectivity index (χ1v) is 7.69. The van der Waals surface area contributed by atoms with Gasteiger partial charge in [0.25, 0.3) is 0 Å². The molecular formula is C14H24ClNO2. The zero-order valence-electron chi connectivity index (χ0n) is 11.2. The van der Waals surface area contributed by atoms with Gasteiger partial charge in [-0.15, -0.1) is 11.6 Å². The number of ether oxygens (including phenoxy) is 1. The van der Waals surface area contributed by atoms with Crippen LogP contribution in [0.5, 0.6) is 0 Å². The van der Waals surface area contributed by atoms with Crippen LogP contribution in [-0.2, 0) is 9.53 Å². The van der Waals surface area contributed by atoms with Gasteiger partial charge in [0, 0.05) is 18.5 Å². The van der Waals surface area contributed by atoms with Gasteiger partial charge < -0.3 is 10.1 Å². The van der Waals surface area contributed by atoms with E-state index in [1.54, 1.807) is 0 Å². The molecule has 18 heavy (non-hydrogen) atoms. The standard InChI is InChI=1S/C14H24ClNO2/c1-2-13-11(7-8-18-13)14(17)16-9-10-5-3-4-6-12(10)15/h10-13H,2-9H2,1H3,(H,16,17). The van der Waals surface area contributed by atoms with Crippen molar-refractivity contribution in [3.05, 3.63) is 0 Å². The number of alkyl halides is 1. The predicted molar refractivity (Wildman–Crippen MR) is 72.7 cm³/mol. The van der Waals surface area contributed by atoms with Crippen LogP contribution in [-0.4, -0.2) is 30.5 Å². The fourth-order valence-corrected chi connectivity index (χ4v) is 3.48. The van der Waals surface area contributed by atoms with Crippen LogP contribution < -0.4 is 5.32 Å². The summed E-state index contributed by atoms with van der Waals surface area (Å²) in [5, 5.41) is 3.32. The Balaban J connectivity index is 1.77. The van der Waals surface area contributed by atoms with Crippen molar-refractivity contribution in [2.24, 2.45) is 11.8 Å². The molecule has 0 aromatic rings. The molecule has 0 spiro atoms. The maximum Gasteiger partial charge on any atom is 0.225 e. The molecule has 1 aliphatic heterocycles. The van der Waals surface area contributed by atoms with Crippen molar-refractivity contribution in [1.82, 2.24) is 5.32 Å². The lowest BCUT2D eigenvalue weighted by Gasteiger charge is -2.27. The average molecular weight is 274 g/mol. The summed E-state index contributed by atoms with van der Waals surface area (Å²) >= 11 is 6.31. The van der Waals surface area contributed by atoms with Crippen LogP contribution in [0.2, 0.25) is 0 Å². The molecule has 2 fully saturated rings. The van der Waals surface area contributed by atoms with Crippen LogP contribution in [0.1, 0.15) is 45.4 Å². The van der Waals surface area contributed by atoms with Gasteiger partial charge >= 0.3 is 0 Å². The summed E-state index contributed by atoms with van der Waals surface area (Å²) in [5.74, 6) is 0.660. The third-order valence-electron chi connectivity index (χ3n) is 4.30. The lowest BCUT2D eigenvalue weighted by atomic mass is 9.88. The summed E-state index contributed by atoms with van der Waals surface area (Å²) in [6.07, 6.45) is 6.60. The second-order valence-corrected chi connectivity index (χ2v) is 6.08. The van der Waals surface area contributed by atoms with Gasteiger partial charge in [0.2, 0.25) is 5.91 Å². The Kier molecular flexibility index (Phi) is 5.31. The van der Waals surface area contributed by atoms with E-state index in [1.807, 2.05) is 0 Å². The van der Waals surface area contributed by atoms with E-state index in [-0.39, 0.29) is 23.3 Å². The van der Waals surface area contributed by atoms with Gasteiger partial charge in [0.05, 0.1) is 12.0 Å². The Morgan fingerprint density at radius 3 is 2.83 bits per heavy atom. The summed E-state index contributed by atoms with van der Waals surface area (Å²) in [6.45, 7) is 3.53. The summed E-state index contributed by atoms with van der Waals surface area (Å²) in [4.78, 5) is 12.1. The van der Waals surface area contributed by atoms with Gasteiger partial charge in [-0.05, 0) is 31.6 Å². The minimum atomic E-state index is 0.0485. The molecule has 0 bridgehead atoms. The van der Waals surface area contributed by atoms with E-state index < -0.39 is 0 Å². The molecule has 104 valence electrons. The molecular weight excluding hydrogens is 250 g/mol. The number of carbonyl (C=O) groups excluding carboxylic acids is 1. The number of hydrogen-bond donors (Lipinski definition) is 1. The van der Waals surface area contributed by atoms with Crippen LogP contribution in [0.4, 0.5) is 0 Å². The highest BCUT2D eigenvalue weighted by molar-refractivity contribution is 6.20. The first-order chi connectivity index (χ1) is 8.72. The third kappa shape index (κ3) is 3.39. The molecule has 4 atom stereocenters. The highest BCUT2D eigenvalue weighted by atomic mass is 35.5. The average Bonchev–Trinajstić information content (AvgIpc) is 2.86. The van der Waals surface area contributed by atoms with Crippen molar-refractivity contribution in [3.8, 4) is 0 Å². The molecule has 1 amide bonds. The van der Waals surface area contributed by atoms with Crippen LogP contribution >= 0.6 is 11.6 Å². The van der Waals surface area contributed by atoms with Gasteiger partial charge in [-0.3, -0.25) is 4.79 Å². The zero-order chi connectivity index (χ0) is 13.0. The molecule has 2 rings (SSSR count). The van der Waals surface area contributed by atoms with E-state index in [1.165, 1.54) is 12.8 Å². The fourth-order valence-electron chi connectivity index (χ4n) is 3.11. The summed E-state index contributed by atoms with van der Waals surface area (Å²) < 4.78 is 5.56. The van der Waals surface area contributed by atoms with E-state index in [0.717, 1.165) is 38.8 Å². The quantitative estimate of drug-likeness (QED) is 0.800. The second kappa shape index (κ2) is 6.76. The molecule has 1 saturated carbocycles. The third-order valence-corrected chi connectivity index (χ3v) is 4.88. The fraction of sp³-hybridized carbons (Fsp3) is 0.929. The normalized spacial score (nSPS) is 36.6. The van der Waals surface area contributed by atoms with Crippen molar-refractivity contribution in [2.75, 3.05) is 13.2 Å². The van der Waals surface area contributed by atoms with E-state index in [9.17, 15) is 4.79 Å². The lowest BCUT2D eigenvalue weighted by Crippen LogP contribution is -2.40. The maximum atomic E-state index is 12.1. The van der Waals surface area contributed by atoms with Gasteiger partial charge in [-0.25, -0.2) is 0 Å². The van der Waals surface area contributed by atoms with E-state index in [4.69, 9.17) is 16.3 Å². The first-order valence-electron chi connectivity index (χ1n) is 7.25. The summed E-state index contributed by atoms with van der Waals surface area (Å²) in [7, 11) is 0. The van der Waals surface area contributed by atoms with Crippen molar-refractivity contribution >= 4 is 17.5 Å². The van der Waals surface area contributed by atoms with Crippen molar-refractivity contribution in [2.45, 2.75) is 56.9 Å². The molecule has 0 aromatic carbocycles. The van der Waals surface area contributed by atoms with Crippen molar-refractivity contribution < 1.29 is 9.53 Å². The van der Waals surface area contributed by atoms with Crippen molar-refractivity contribution in [3.63, 3.8) is 0 Å². The molecule has 2 aliphatic rings. The minimum absolute atomic E-state index is 0.0485. The van der Waals surface area contributed by atoms with Crippen molar-refractivity contribution in [1.29, 1.82) is 0 Å². The monoisotopic (exact) mass is 273 g/mol. The van der Waals surface area contributed by atoms with Crippen LogP contribution in [0.25, 0.3) is 0 Å². The van der Waals surface area contributed by atoms with Crippen LogP contribution in [0.3, 0.4) is 0 Å². The highest BCUT2D eigenvalue weighted by Gasteiger charge is 2.33. The predicted octanol–water partition coefficient (Wildman–Crippen LogP) is 2.72. The number of halogens is 1. The van der Waals surface area contributed by atoms with Gasteiger partial charge in [0.1, 0.15) is 0 Å². The number of hydrogen-bond acceptors (Lipinski definition) is 2. The molecule has 4 unspecified atom stereocenters. The summed E-state index contributed by atoms with van der Waals surface area (Å²) in [6, 6.07) is 0. The number of rotatable bonds is 4. The molecule has 1 saturated heterocycles. The number of amides is 1. The molecule has 3 nitrogen and oxygen atoms in total. The van der Waals surface area contributed by atoms with Gasteiger partial charge in [-0.2, -0.15) is 0 Å². The Bertz CT molecular complexity index is 285.